The zero-order valence-corrected chi connectivity index (χ0v) is 9.44. The van der Waals surface area contributed by atoms with Gasteiger partial charge >= 0.3 is 0 Å². The Bertz CT molecular complexity index is 406. The van der Waals surface area contributed by atoms with Crippen LogP contribution >= 0.6 is 0 Å². The van der Waals surface area contributed by atoms with Crippen LogP contribution in [-0.2, 0) is 0 Å². The summed E-state index contributed by atoms with van der Waals surface area (Å²) >= 11 is 0. The summed E-state index contributed by atoms with van der Waals surface area (Å²) in [5.41, 5.74) is 2.25. The molecule has 3 heteroatoms. The first-order valence-electron chi connectivity index (χ1n) is 5.62. The van der Waals surface area contributed by atoms with Gasteiger partial charge in [-0.3, -0.25) is 5.10 Å². The van der Waals surface area contributed by atoms with Crippen molar-refractivity contribution in [1.82, 2.24) is 10.2 Å². The van der Waals surface area contributed by atoms with Gasteiger partial charge in [-0.05, 0) is 24.1 Å². The number of aromatic amines is 1. The van der Waals surface area contributed by atoms with E-state index in [1.807, 2.05) is 36.7 Å². The Kier molecular flexibility index (Phi) is 3.59. The lowest BCUT2D eigenvalue weighted by atomic mass is 10.1. The third-order valence-corrected chi connectivity index (χ3v) is 2.45. The van der Waals surface area contributed by atoms with E-state index in [0.717, 1.165) is 36.3 Å². The van der Waals surface area contributed by atoms with Crippen molar-refractivity contribution in [3.05, 3.63) is 36.7 Å². The quantitative estimate of drug-likeness (QED) is 0.779. The van der Waals surface area contributed by atoms with Crippen LogP contribution in [0.5, 0.6) is 5.75 Å². The number of rotatable bonds is 5. The largest absolute Gasteiger partial charge is 0.494 e. The molecular weight excluding hydrogens is 200 g/mol. The van der Waals surface area contributed by atoms with E-state index in [2.05, 4.69) is 17.1 Å². The third kappa shape index (κ3) is 2.63. The molecule has 1 N–H and O–H groups in total. The molecule has 3 nitrogen and oxygen atoms in total. The average Bonchev–Trinajstić information content (AvgIpc) is 2.84. The van der Waals surface area contributed by atoms with Crippen LogP contribution in [0.3, 0.4) is 0 Å². The van der Waals surface area contributed by atoms with Gasteiger partial charge in [-0.1, -0.05) is 25.5 Å². The summed E-state index contributed by atoms with van der Waals surface area (Å²) in [6, 6.07) is 8.09. The van der Waals surface area contributed by atoms with Crippen LogP contribution in [0.4, 0.5) is 0 Å². The van der Waals surface area contributed by atoms with Crippen molar-refractivity contribution in [2.45, 2.75) is 19.8 Å². The summed E-state index contributed by atoms with van der Waals surface area (Å²) in [4.78, 5) is 0. The monoisotopic (exact) mass is 216 g/mol. The Morgan fingerprint density at radius 3 is 2.62 bits per heavy atom. The standard InChI is InChI=1S/C13H16N2O/c1-2-3-8-16-13-6-4-11(5-7-13)12-9-14-15-10-12/h4-7,9-10H,2-3,8H2,1H3,(H,14,15). The molecule has 0 atom stereocenters. The molecule has 0 bridgehead atoms. The number of ether oxygens (including phenoxy) is 1. The summed E-state index contributed by atoms with van der Waals surface area (Å²) in [5, 5.41) is 6.73. The fraction of sp³-hybridized carbons (Fsp3) is 0.308. The first kappa shape index (κ1) is 10.7. The molecule has 16 heavy (non-hydrogen) atoms. The van der Waals surface area contributed by atoms with Gasteiger partial charge in [0, 0.05) is 11.8 Å². The number of unbranched alkanes of at least 4 members (excludes halogenated alkanes) is 1. The fourth-order valence-electron chi connectivity index (χ4n) is 1.49. The highest BCUT2D eigenvalue weighted by molar-refractivity contribution is 5.62. The van der Waals surface area contributed by atoms with Crippen molar-refractivity contribution in [3.63, 3.8) is 0 Å². The molecule has 1 aromatic carbocycles. The molecular formula is C13H16N2O. The van der Waals surface area contributed by atoms with Crippen LogP contribution < -0.4 is 4.74 Å². The zero-order chi connectivity index (χ0) is 11.2. The molecule has 2 rings (SSSR count). The van der Waals surface area contributed by atoms with Crippen LogP contribution in [0.2, 0.25) is 0 Å². The van der Waals surface area contributed by atoms with Crippen molar-refractivity contribution >= 4 is 0 Å². The molecule has 1 aromatic heterocycles. The number of H-pyrrole nitrogens is 1. The minimum absolute atomic E-state index is 0.793. The number of aromatic nitrogens is 2. The maximum atomic E-state index is 5.60. The second kappa shape index (κ2) is 5.35. The summed E-state index contributed by atoms with van der Waals surface area (Å²) in [6.07, 6.45) is 5.95. The molecule has 0 fully saturated rings. The number of benzene rings is 1. The van der Waals surface area contributed by atoms with E-state index >= 15 is 0 Å². The first-order valence-corrected chi connectivity index (χ1v) is 5.62. The van der Waals surface area contributed by atoms with E-state index in [1.54, 1.807) is 0 Å². The molecule has 2 aromatic rings. The average molecular weight is 216 g/mol. The van der Waals surface area contributed by atoms with E-state index in [-0.39, 0.29) is 0 Å². The molecule has 84 valence electrons. The van der Waals surface area contributed by atoms with Gasteiger partial charge in [0.05, 0.1) is 12.8 Å². The van der Waals surface area contributed by atoms with Crippen LogP contribution in [-0.4, -0.2) is 16.8 Å². The molecule has 0 amide bonds. The Morgan fingerprint density at radius 2 is 2.00 bits per heavy atom. The second-order valence-electron chi connectivity index (χ2n) is 3.71. The van der Waals surface area contributed by atoms with Crippen molar-refractivity contribution in [3.8, 4) is 16.9 Å². The Balaban J connectivity index is 2.00. The number of hydrogen-bond acceptors (Lipinski definition) is 2. The highest BCUT2D eigenvalue weighted by Gasteiger charge is 1.99. The Labute approximate surface area is 95.5 Å². The van der Waals surface area contributed by atoms with Crippen LogP contribution in [0.25, 0.3) is 11.1 Å². The van der Waals surface area contributed by atoms with Crippen molar-refractivity contribution in [2.75, 3.05) is 6.61 Å². The number of nitrogens with zero attached hydrogens (tertiary/aromatic N) is 1. The van der Waals surface area contributed by atoms with Crippen LogP contribution in [0.15, 0.2) is 36.7 Å². The van der Waals surface area contributed by atoms with E-state index in [1.165, 1.54) is 0 Å². The van der Waals surface area contributed by atoms with E-state index < -0.39 is 0 Å². The Hall–Kier alpha value is -1.77. The number of hydrogen-bond donors (Lipinski definition) is 1. The minimum atomic E-state index is 0.793. The summed E-state index contributed by atoms with van der Waals surface area (Å²) in [7, 11) is 0. The van der Waals surface area contributed by atoms with Gasteiger partial charge in [-0.15, -0.1) is 0 Å². The topological polar surface area (TPSA) is 37.9 Å². The molecule has 1 heterocycles. The molecule has 0 saturated heterocycles. The van der Waals surface area contributed by atoms with Gasteiger partial charge in [0.15, 0.2) is 0 Å². The van der Waals surface area contributed by atoms with E-state index in [4.69, 9.17) is 4.74 Å². The minimum Gasteiger partial charge on any atom is -0.494 e. The van der Waals surface area contributed by atoms with Gasteiger partial charge in [-0.2, -0.15) is 5.10 Å². The van der Waals surface area contributed by atoms with Crippen molar-refractivity contribution < 1.29 is 4.74 Å². The summed E-state index contributed by atoms with van der Waals surface area (Å²) < 4.78 is 5.60. The summed E-state index contributed by atoms with van der Waals surface area (Å²) in [5.74, 6) is 0.931. The molecule has 0 aliphatic carbocycles. The first-order chi connectivity index (χ1) is 7.90. The van der Waals surface area contributed by atoms with Crippen LogP contribution in [0, 0.1) is 0 Å². The third-order valence-electron chi connectivity index (χ3n) is 2.45. The van der Waals surface area contributed by atoms with Gasteiger partial charge in [-0.25, -0.2) is 0 Å². The molecule has 0 saturated carbocycles. The molecule has 0 aliphatic rings. The van der Waals surface area contributed by atoms with Gasteiger partial charge in [0.1, 0.15) is 5.75 Å². The zero-order valence-electron chi connectivity index (χ0n) is 9.44. The van der Waals surface area contributed by atoms with Crippen molar-refractivity contribution in [1.29, 1.82) is 0 Å². The second-order valence-corrected chi connectivity index (χ2v) is 3.71. The normalized spacial score (nSPS) is 10.3. The lowest BCUT2D eigenvalue weighted by molar-refractivity contribution is 0.309. The fourth-order valence-corrected chi connectivity index (χ4v) is 1.49. The van der Waals surface area contributed by atoms with Gasteiger partial charge in [0.25, 0.3) is 0 Å². The number of nitrogens with one attached hydrogen (secondary N) is 1. The smallest absolute Gasteiger partial charge is 0.119 e. The lowest BCUT2D eigenvalue weighted by Gasteiger charge is -2.05. The molecule has 0 radical (unpaired) electrons. The highest BCUT2D eigenvalue weighted by Crippen LogP contribution is 2.21. The van der Waals surface area contributed by atoms with Gasteiger partial charge in [0.2, 0.25) is 0 Å². The predicted molar refractivity (Wildman–Crippen MR) is 64.4 cm³/mol. The maximum absolute atomic E-state index is 5.60. The predicted octanol–water partition coefficient (Wildman–Crippen LogP) is 3.26. The Morgan fingerprint density at radius 1 is 1.19 bits per heavy atom. The molecule has 0 unspecified atom stereocenters. The highest BCUT2D eigenvalue weighted by atomic mass is 16.5. The van der Waals surface area contributed by atoms with Crippen LogP contribution in [0.1, 0.15) is 19.8 Å². The van der Waals surface area contributed by atoms with Gasteiger partial charge < -0.3 is 4.74 Å². The molecule has 0 spiro atoms. The van der Waals surface area contributed by atoms with Crippen molar-refractivity contribution in [2.24, 2.45) is 0 Å². The molecule has 0 aliphatic heterocycles. The lowest BCUT2D eigenvalue weighted by Crippen LogP contribution is -1.95. The maximum Gasteiger partial charge on any atom is 0.119 e. The summed E-state index contributed by atoms with van der Waals surface area (Å²) in [6.45, 7) is 2.95. The SMILES string of the molecule is CCCCOc1ccc(-c2cn[nH]c2)cc1. The van der Waals surface area contributed by atoms with E-state index in [9.17, 15) is 0 Å². The van der Waals surface area contributed by atoms with E-state index in [0.29, 0.717) is 0 Å².